The van der Waals surface area contributed by atoms with E-state index in [4.69, 9.17) is 0 Å². The number of aromatic nitrogens is 2. The van der Waals surface area contributed by atoms with Crippen LogP contribution in [-0.4, -0.2) is 9.55 Å². The normalized spacial score (nSPS) is 11.8. The van der Waals surface area contributed by atoms with Crippen molar-refractivity contribution in [3.8, 4) is 5.69 Å². The molecule has 0 saturated carbocycles. The number of hydrogen-bond acceptors (Lipinski definition) is 1. The lowest BCUT2D eigenvalue weighted by Gasteiger charge is -2.20. The van der Waals surface area contributed by atoms with E-state index in [9.17, 15) is 0 Å². The molecular formula is C14H18N2. The third kappa shape index (κ3) is 2.01. The first kappa shape index (κ1) is 10.9. The molecule has 0 radical (unpaired) electrons. The molecule has 84 valence electrons. The predicted octanol–water partition coefficient (Wildman–Crippen LogP) is 3.48. The highest BCUT2D eigenvalue weighted by Crippen LogP contribution is 2.25. The number of aryl methyl sites for hydroxylation is 1. The molecule has 0 aliphatic rings. The largest absolute Gasteiger partial charge is 0.306 e. The van der Waals surface area contributed by atoms with E-state index in [-0.39, 0.29) is 5.41 Å². The van der Waals surface area contributed by atoms with Crippen LogP contribution < -0.4 is 0 Å². The molecule has 0 spiro atoms. The van der Waals surface area contributed by atoms with Crippen LogP contribution >= 0.6 is 0 Å². The van der Waals surface area contributed by atoms with Crippen LogP contribution in [0.25, 0.3) is 5.69 Å². The summed E-state index contributed by atoms with van der Waals surface area (Å²) in [6, 6.07) is 6.62. The lowest BCUT2D eigenvalue weighted by atomic mass is 9.86. The van der Waals surface area contributed by atoms with Crippen LogP contribution in [0.3, 0.4) is 0 Å². The molecule has 0 fully saturated rings. The fraction of sp³-hybridized carbons (Fsp3) is 0.357. The van der Waals surface area contributed by atoms with E-state index in [1.807, 2.05) is 17.1 Å². The van der Waals surface area contributed by atoms with Gasteiger partial charge in [0.25, 0.3) is 0 Å². The number of rotatable bonds is 1. The molecule has 0 unspecified atom stereocenters. The molecule has 2 rings (SSSR count). The van der Waals surface area contributed by atoms with Gasteiger partial charge in [-0.1, -0.05) is 32.9 Å². The molecular weight excluding hydrogens is 196 g/mol. The van der Waals surface area contributed by atoms with Gasteiger partial charge in [-0.3, -0.25) is 0 Å². The summed E-state index contributed by atoms with van der Waals surface area (Å²) in [6.45, 7) is 8.85. The molecule has 0 aliphatic carbocycles. The molecule has 1 heterocycles. The quantitative estimate of drug-likeness (QED) is 0.710. The van der Waals surface area contributed by atoms with Crippen molar-refractivity contribution in [3.05, 3.63) is 48.0 Å². The maximum Gasteiger partial charge on any atom is 0.0991 e. The van der Waals surface area contributed by atoms with Crippen LogP contribution in [0.2, 0.25) is 0 Å². The van der Waals surface area contributed by atoms with Crippen molar-refractivity contribution >= 4 is 0 Å². The molecule has 0 bridgehead atoms. The maximum atomic E-state index is 4.07. The van der Waals surface area contributed by atoms with Crippen LogP contribution in [0.4, 0.5) is 0 Å². The Bertz CT molecular complexity index is 476. The van der Waals surface area contributed by atoms with Gasteiger partial charge in [-0.05, 0) is 29.5 Å². The Hall–Kier alpha value is -1.57. The first-order chi connectivity index (χ1) is 7.48. The zero-order valence-electron chi connectivity index (χ0n) is 10.4. The summed E-state index contributed by atoms with van der Waals surface area (Å²) in [5, 5.41) is 0. The second-order valence-corrected chi connectivity index (χ2v) is 5.22. The van der Waals surface area contributed by atoms with Crippen LogP contribution in [0.15, 0.2) is 36.9 Å². The smallest absolute Gasteiger partial charge is 0.0991 e. The molecule has 2 aromatic rings. The van der Waals surface area contributed by atoms with Crippen molar-refractivity contribution < 1.29 is 0 Å². The van der Waals surface area contributed by atoms with Gasteiger partial charge < -0.3 is 4.57 Å². The van der Waals surface area contributed by atoms with E-state index < -0.39 is 0 Å². The SMILES string of the molecule is Cc1cc(C(C)(C)C)ccc1-n1ccnc1. The highest BCUT2D eigenvalue weighted by Gasteiger charge is 2.14. The van der Waals surface area contributed by atoms with Gasteiger partial charge in [0.2, 0.25) is 0 Å². The summed E-state index contributed by atoms with van der Waals surface area (Å²) in [5.74, 6) is 0. The summed E-state index contributed by atoms with van der Waals surface area (Å²) in [5.41, 5.74) is 4.06. The number of hydrogen-bond donors (Lipinski definition) is 0. The Morgan fingerprint density at radius 2 is 1.94 bits per heavy atom. The monoisotopic (exact) mass is 214 g/mol. The fourth-order valence-electron chi connectivity index (χ4n) is 1.81. The van der Waals surface area contributed by atoms with Crippen molar-refractivity contribution in [2.24, 2.45) is 0 Å². The molecule has 0 amide bonds. The molecule has 0 saturated heterocycles. The fourth-order valence-corrected chi connectivity index (χ4v) is 1.81. The average molecular weight is 214 g/mol. The summed E-state index contributed by atoms with van der Waals surface area (Å²) in [7, 11) is 0. The summed E-state index contributed by atoms with van der Waals surface area (Å²) in [4.78, 5) is 4.07. The van der Waals surface area contributed by atoms with Crippen molar-refractivity contribution in [1.29, 1.82) is 0 Å². The molecule has 0 atom stereocenters. The Morgan fingerprint density at radius 1 is 1.19 bits per heavy atom. The molecule has 1 aromatic heterocycles. The van der Waals surface area contributed by atoms with Gasteiger partial charge in [-0.15, -0.1) is 0 Å². The highest BCUT2D eigenvalue weighted by atomic mass is 15.0. The topological polar surface area (TPSA) is 17.8 Å². The Morgan fingerprint density at radius 3 is 2.44 bits per heavy atom. The van der Waals surface area contributed by atoms with Gasteiger partial charge in [0.1, 0.15) is 0 Å². The van der Waals surface area contributed by atoms with Crippen molar-refractivity contribution in [2.45, 2.75) is 33.1 Å². The number of nitrogens with zero attached hydrogens (tertiary/aromatic N) is 2. The minimum absolute atomic E-state index is 0.207. The summed E-state index contributed by atoms with van der Waals surface area (Å²) >= 11 is 0. The molecule has 1 aromatic carbocycles. The third-order valence-electron chi connectivity index (χ3n) is 2.85. The Balaban J connectivity index is 2.46. The van der Waals surface area contributed by atoms with Crippen molar-refractivity contribution in [3.63, 3.8) is 0 Å². The second-order valence-electron chi connectivity index (χ2n) is 5.22. The molecule has 0 N–H and O–H groups in total. The van der Waals surface area contributed by atoms with Crippen molar-refractivity contribution in [2.75, 3.05) is 0 Å². The minimum atomic E-state index is 0.207. The van der Waals surface area contributed by atoms with Crippen LogP contribution in [-0.2, 0) is 5.41 Å². The highest BCUT2D eigenvalue weighted by molar-refractivity contribution is 5.44. The lowest BCUT2D eigenvalue weighted by Crippen LogP contribution is -2.11. The van der Waals surface area contributed by atoms with Gasteiger partial charge in [0, 0.05) is 18.1 Å². The van der Waals surface area contributed by atoms with Gasteiger partial charge in [-0.25, -0.2) is 4.98 Å². The lowest BCUT2D eigenvalue weighted by molar-refractivity contribution is 0.589. The van der Waals surface area contributed by atoms with E-state index >= 15 is 0 Å². The molecule has 16 heavy (non-hydrogen) atoms. The maximum absolute atomic E-state index is 4.07. The minimum Gasteiger partial charge on any atom is -0.306 e. The zero-order chi connectivity index (χ0) is 11.8. The molecule has 2 heteroatoms. The average Bonchev–Trinajstić information content (AvgIpc) is 2.69. The van der Waals surface area contributed by atoms with Gasteiger partial charge in [0.15, 0.2) is 0 Å². The third-order valence-corrected chi connectivity index (χ3v) is 2.85. The van der Waals surface area contributed by atoms with Crippen molar-refractivity contribution in [1.82, 2.24) is 9.55 Å². The summed E-state index contributed by atoms with van der Waals surface area (Å²) < 4.78 is 2.04. The first-order valence-corrected chi connectivity index (χ1v) is 5.58. The van der Waals surface area contributed by atoms with E-state index in [0.29, 0.717) is 0 Å². The molecule has 0 aliphatic heterocycles. The standard InChI is InChI=1S/C14H18N2/c1-11-9-12(14(2,3)4)5-6-13(11)16-8-7-15-10-16/h5-10H,1-4H3. The second kappa shape index (κ2) is 3.78. The van der Waals surface area contributed by atoms with Gasteiger partial charge >= 0.3 is 0 Å². The van der Waals surface area contributed by atoms with E-state index in [1.54, 1.807) is 6.20 Å². The Kier molecular flexibility index (Phi) is 2.58. The summed E-state index contributed by atoms with van der Waals surface area (Å²) in [6.07, 6.45) is 5.61. The van der Waals surface area contributed by atoms with E-state index in [1.165, 1.54) is 16.8 Å². The van der Waals surface area contributed by atoms with Gasteiger partial charge in [-0.2, -0.15) is 0 Å². The zero-order valence-corrected chi connectivity index (χ0v) is 10.4. The van der Waals surface area contributed by atoms with E-state index in [0.717, 1.165) is 0 Å². The predicted molar refractivity (Wildman–Crippen MR) is 67.0 cm³/mol. The number of benzene rings is 1. The van der Waals surface area contributed by atoms with Crippen LogP contribution in [0.1, 0.15) is 31.9 Å². The number of imidazole rings is 1. The van der Waals surface area contributed by atoms with Crippen LogP contribution in [0, 0.1) is 6.92 Å². The van der Waals surface area contributed by atoms with Gasteiger partial charge in [0.05, 0.1) is 6.33 Å². The first-order valence-electron chi connectivity index (χ1n) is 5.58. The van der Waals surface area contributed by atoms with Crippen LogP contribution in [0.5, 0.6) is 0 Å². The molecule has 2 nitrogen and oxygen atoms in total. The Labute approximate surface area is 97.0 Å². The van der Waals surface area contributed by atoms with E-state index in [2.05, 4.69) is 50.9 Å².